The number of methoxy groups -OCH3 is 1. The molecule has 0 amide bonds. The SMILES string of the molecule is COc1cc(-c2cc3[nH]c4ccc(C5CCCN(C6COC6)C5)cc4c3c(C)c2C)cn2ncnc12. The van der Waals surface area contributed by atoms with Crippen LogP contribution in [0.15, 0.2) is 42.9 Å². The van der Waals surface area contributed by atoms with Gasteiger partial charge in [-0.1, -0.05) is 6.07 Å². The number of hydrogen-bond acceptors (Lipinski definition) is 5. The lowest BCUT2D eigenvalue weighted by Crippen LogP contribution is -2.52. The minimum Gasteiger partial charge on any atom is -0.493 e. The molecule has 7 nitrogen and oxygen atoms in total. The highest BCUT2D eigenvalue weighted by Gasteiger charge is 2.31. The van der Waals surface area contributed by atoms with Gasteiger partial charge in [-0.3, -0.25) is 4.90 Å². The van der Waals surface area contributed by atoms with Crippen molar-refractivity contribution in [3.8, 4) is 16.9 Å². The summed E-state index contributed by atoms with van der Waals surface area (Å²) in [6.07, 6.45) is 6.10. The van der Waals surface area contributed by atoms with Gasteiger partial charge in [-0.25, -0.2) is 9.50 Å². The van der Waals surface area contributed by atoms with E-state index >= 15 is 0 Å². The third-order valence-corrected chi connectivity index (χ3v) is 8.42. The molecule has 5 heterocycles. The van der Waals surface area contributed by atoms with E-state index in [4.69, 9.17) is 9.47 Å². The number of aromatic amines is 1. The number of rotatable bonds is 4. The number of ether oxygens (including phenoxy) is 2. The largest absolute Gasteiger partial charge is 0.493 e. The fourth-order valence-electron chi connectivity index (χ4n) is 6.18. The summed E-state index contributed by atoms with van der Waals surface area (Å²) in [5, 5.41) is 6.99. The maximum atomic E-state index is 5.62. The number of nitrogens with zero attached hydrogens (tertiary/aromatic N) is 4. The predicted octanol–water partition coefficient (Wildman–Crippen LogP) is 5.23. The van der Waals surface area contributed by atoms with E-state index in [1.807, 2.05) is 6.20 Å². The number of pyridine rings is 1. The van der Waals surface area contributed by atoms with Gasteiger partial charge >= 0.3 is 0 Å². The van der Waals surface area contributed by atoms with E-state index < -0.39 is 0 Å². The normalized spacial score (nSPS) is 19.4. The van der Waals surface area contributed by atoms with Gasteiger partial charge in [-0.05, 0) is 85.7 Å². The molecular weight excluding hydrogens is 450 g/mol. The van der Waals surface area contributed by atoms with Crippen LogP contribution in [0, 0.1) is 13.8 Å². The summed E-state index contributed by atoms with van der Waals surface area (Å²) in [7, 11) is 1.68. The molecule has 2 aliphatic rings. The Morgan fingerprint density at radius 3 is 2.78 bits per heavy atom. The Morgan fingerprint density at radius 1 is 1.08 bits per heavy atom. The number of piperidine rings is 1. The lowest BCUT2D eigenvalue weighted by atomic mass is 9.88. The molecule has 0 radical (unpaired) electrons. The van der Waals surface area contributed by atoms with E-state index in [0.29, 0.717) is 12.0 Å². The Labute approximate surface area is 210 Å². The van der Waals surface area contributed by atoms with E-state index in [2.05, 4.69) is 64.1 Å². The van der Waals surface area contributed by atoms with Crippen molar-refractivity contribution in [2.45, 2.75) is 38.6 Å². The second-order valence-corrected chi connectivity index (χ2v) is 10.4. The molecule has 0 spiro atoms. The number of fused-ring (bicyclic) bond motifs is 4. The summed E-state index contributed by atoms with van der Waals surface area (Å²) >= 11 is 0. The van der Waals surface area contributed by atoms with E-state index in [0.717, 1.165) is 42.2 Å². The molecule has 3 aromatic heterocycles. The molecule has 5 aromatic rings. The lowest BCUT2D eigenvalue weighted by Gasteiger charge is -2.42. The van der Waals surface area contributed by atoms with Gasteiger partial charge in [0.05, 0.1) is 26.4 Å². The van der Waals surface area contributed by atoms with Crippen LogP contribution in [0.3, 0.4) is 0 Å². The fourth-order valence-corrected chi connectivity index (χ4v) is 6.18. The highest BCUT2D eigenvalue weighted by atomic mass is 16.5. The number of benzene rings is 2. The van der Waals surface area contributed by atoms with Crippen LogP contribution in [0.5, 0.6) is 5.75 Å². The Bertz CT molecular complexity index is 1610. The van der Waals surface area contributed by atoms with E-state index in [1.165, 1.54) is 57.9 Å². The molecule has 184 valence electrons. The molecule has 1 N–H and O–H groups in total. The van der Waals surface area contributed by atoms with Crippen molar-refractivity contribution in [1.29, 1.82) is 0 Å². The first-order chi connectivity index (χ1) is 17.6. The quantitative estimate of drug-likeness (QED) is 0.381. The standard InChI is InChI=1S/C29H31N5O2/c1-17-18(2)28-24-9-19(20-5-4-8-33(12-20)22-14-36-15-22)6-7-25(24)32-26(28)11-23(17)21-10-27(35-3)29-30-16-31-34(29)13-21/h6-7,9-11,13,16,20,22,32H,4-5,8,12,14-15H2,1-3H3. The molecular formula is C29H31N5O2. The van der Waals surface area contributed by atoms with Crippen LogP contribution < -0.4 is 4.74 Å². The van der Waals surface area contributed by atoms with Crippen molar-refractivity contribution in [1.82, 2.24) is 24.5 Å². The molecule has 0 saturated carbocycles. The lowest BCUT2D eigenvalue weighted by molar-refractivity contribution is -0.0721. The topological polar surface area (TPSA) is 67.7 Å². The van der Waals surface area contributed by atoms with E-state index in [1.54, 1.807) is 18.0 Å². The van der Waals surface area contributed by atoms with Crippen LogP contribution in [0.4, 0.5) is 0 Å². The number of hydrogen-bond donors (Lipinski definition) is 1. The van der Waals surface area contributed by atoms with Gasteiger partial charge in [0, 0.05) is 40.1 Å². The number of aryl methyl sites for hydroxylation is 1. The molecule has 2 fully saturated rings. The van der Waals surface area contributed by atoms with Crippen molar-refractivity contribution in [2.24, 2.45) is 0 Å². The van der Waals surface area contributed by atoms with Gasteiger partial charge in [0.2, 0.25) is 0 Å². The third kappa shape index (κ3) is 3.33. The monoisotopic (exact) mass is 481 g/mol. The van der Waals surface area contributed by atoms with Crippen molar-refractivity contribution in [2.75, 3.05) is 33.4 Å². The number of likely N-dealkylation sites (tertiary alicyclic amines) is 1. The molecule has 36 heavy (non-hydrogen) atoms. The molecule has 1 unspecified atom stereocenters. The van der Waals surface area contributed by atoms with Gasteiger partial charge < -0.3 is 14.5 Å². The molecule has 2 aromatic carbocycles. The van der Waals surface area contributed by atoms with Gasteiger partial charge in [-0.15, -0.1) is 0 Å². The zero-order valence-corrected chi connectivity index (χ0v) is 21.0. The Kier molecular flexibility index (Phi) is 5.04. The predicted molar refractivity (Wildman–Crippen MR) is 142 cm³/mol. The Morgan fingerprint density at radius 2 is 1.97 bits per heavy atom. The molecule has 0 bridgehead atoms. The summed E-state index contributed by atoms with van der Waals surface area (Å²) in [6, 6.07) is 12.0. The van der Waals surface area contributed by atoms with Crippen LogP contribution in [0.25, 0.3) is 38.6 Å². The molecule has 0 aliphatic carbocycles. The summed E-state index contributed by atoms with van der Waals surface area (Å²) < 4.78 is 12.9. The van der Waals surface area contributed by atoms with Crippen LogP contribution >= 0.6 is 0 Å². The van der Waals surface area contributed by atoms with Gasteiger partial charge in [0.25, 0.3) is 0 Å². The highest BCUT2D eigenvalue weighted by Crippen LogP contribution is 2.39. The minimum absolute atomic E-state index is 0.580. The van der Waals surface area contributed by atoms with Crippen molar-refractivity contribution in [3.05, 3.63) is 59.5 Å². The van der Waals surface area contributed by atoms with Crippen LogP contribution in [-0.4, -0.2) is 63.9 Å². The zero-order chi connectivity index (χ0) is 24.4. The molecule has 2 aliphatic heterocycles. The summed E-state index contributed by atoms with van der Waals surface area (Å²) in [4.78, 5) is 10.7. The average molecular weight is 482 g/mol. The minimum atomic E-state index is 0.580. The van der Waals surface area contributed by atoms with Crippen molar-refractivity contribution in [3.63, 3.8) is 0 Å². The maximum absolute atomic E-state index is 5.62. The molecule has 1 atom stereocenters. The second-order valence-electron chi connectivity index (χ2n) is 10.4. The Balaban J connectivity index is 1.32. The van der Waals surface area contributed by atoms with Crippen LogP contribution in [0.2, 0.25) is 0 Å². The first-order valence-corrected chi connectivity index (χ1v) is 12.9. The van der Waals surface area contributed by atoms with Crippen LogP contribution in [-0.2, 0) is 4.74 Å². The number of nitrogens with one attached hydrogen (secondary N) is 1. The van der Waals surface area contributed by atoms with Gasteiger partial charge in [-0.2, -0.15) is 5.10 Å². The highest BCUT2D eigenvalue weighted by molar-refractivity contribution is 6.11. The van der Waals surface area contributed by atoms with Crippen LogP contribution in [0.1, 0.15) is 35.4 Å². The molecule has 7 rings (SSSR count). The zero-order valence-electron chi connectivity index (χ0n) is 21.0. The second kappa shape index (κ2) is 8.32. The molecule has 7 heteroatoms. The number of H-pyrrole nitrogens is 1. The van der Waals surface area contributed by atoms with Gasteiger partial charge in [0.15, 0.2) is 11.4 Å². The van der Waals surface area contributed by atoms with E-state index in [9.17, 15) is 0 Å². The maximum Gasteiger partial charge on any atom is 0.197 e. The molecule has 2 saturated heterocycles. The van der Waals surface area contributed by atoms with Gasteiger partial charge in [0.1, 0.15) is 6.33 Å². The third-order valence-electron chi connectivity index (χ3n) is 8.42. The first kappa shape index (κ1) is 21.8. The fraction of sp³-hybridized carbons (Fsp3) is 0.379. The van der Waals surface area contributed by atoms with Crippen molar-refractivity contribution >= 4 is 27.5 Å². The van der Waals surface area contributed by atoms with E-state index in [-0.39, 0.29) is 0 Å². The average Bonchev–Trinajstić information content (AvgIpc) is 3.48. The first-order valence-electron chi connectivity index (χ1n) is 12.9. The number of aromatic nitrogens is 4. The summed E-state index contributed by atoms with van der Waals surface area (Å²) in [6.45, 7) is 8.58. The summed E-state index contributed by atoms with van der Waals surface area (Å²) in [5.41, 5.74) is 9.34. The smallest absolute Gasteiger partial charge is 0.197 e. The van der Waals surface area contributed by atoms with Crippen molar-refractivity contribution < 1.29 is 9.47 Å². The summed E-state index contributed by atoms with van der Waals surface area (Å²) in [5.74, 6) is 1.30. The Hall–Kier alpha value is -3.42.